The minimum Gasteiger partial charge on any atom is -0.457 e. The number of likely N-dealkylation sites (tertiary alicyclic amines) is 1. The summed E-state index contributed by atoms with van der Waals surface area (Å²) in [6.07, 6.45) is 1.64. The molecule has 14 heteroatoms. The Morgan fingerprint density at radius 2 is 1.60 bits per heavy atom. The van der Waals surface area contributed by atoms with Crippen molar-refractivity contribution in [3.05, 3.63) is 94.0 Å². The molecule has 2 atom stereocenters. The normalized spacial score (nSPS) is 18.3. The molecular weight excluding hydrogens is 664 g/mol. The lowest BCUT2D eigenvalue weighted by Gasteiger charge is -2.42. The van der Waals surface area contributed by atoms with E-state index in [4.69, 9.17) is 14.2 Å². The molecule has 2 N–H and O–H groups in total. The first kappa shape index (κ1) is 36.7. The molecule has 0 aromatic heterocycles. The Morgan fingerprint density at radius 1 is 0.980 bits per heavy atom. The number of piperidine rings is 1. The van der Waals surface area contributed by atoms with Gasteiger partial charge in [0.25, 0.3) is 5.69 Å². The molecule has 0 unspecified atom stereocenters. The van der Waals surface area contributed by atoms with E-state index in [0.717, 1.165) is 36.1 Å². The van der Waals surface area contributed by atoms with Gasteiger partial charge in [0.05, 0.1) is 10.8 Å². The fourth-order valence-corrected chi connectivity index (χ4v) is 8.15. The maximum Gasteiger partial charge on any atom is 0.410 e. The van der Waals surface area contributed by atoms with Crippen molar-refractivity contribution in [2.75, 3.05) is 33.4 Å². The van der Waals surface area contributed by atoms with E-state index in [1.165, 1.54) is 17.0 Å². The lowest BCUT2D eigenvalue weighted by Crippen LogP contribution is -2.56. The van der Waals surface area contributed by atoms with Crippen LogP contribution >= 0.6 is 0 Å². The second-order valence-corrected chi connectivity index (χ2v) is 15.4. The molecule has 0 bridgehead atoms. The lowest BCUT2D eigenvalue weighted by molar-refractivity contribution is -0.387. The van der Waals surface area contributed by atoms with E-state index < -0.39 is 54.6 Å². The van der Waals surface area contributed by atoms with Crippen LogP contribution in [0.3, 0.4) is 0 Å². The Bertz CT molecular complexity index is 1780. The summed E-state index contributed by atoms with van der Waals surface area (Å²) in [7, 11) is -2.76. The second kappa shape index (κ2) is 15.2. The van der Waals surface area contributed by atoms with Crippen molar-refractivity contribution in [1.82, 2.24) is 14.9 Å². The zero-order valence-electron chi connectivity index (χ0n) is 28.7. The number of fused-ring (bicyclic) bond motifs is 2. The molecule has 3 aromatic carbocycles. The molecule has 2 amide bonds. The van der Waals surface area contributed by atoms with Crippen molar-refractivity contribution in [2.45, 2.75) is 68.4 Å². The highest BCUT2D eigenvalue weighted by atomic mass is 32.2. The number of methoxy groups -OCH3 is 1. The van der Waals surface area contributed by atoms with Gasteiger partial charge < -0.3 is 24.4 Å². The van der Waals surface area contributed by atoms with Crippen molar-refractivity contribution in [3.63, 3.8) is 0 Å². The smallest absolute Gasteiger partial charge is 0.410 e. The van der Waals surface area contributed by atoms with Crippen LogP contribution in [-0.4, -0.2) is 75.2 Å². The number of ether oxygens (including phenoxy) is 3. The number of hydrogen-bond donors (Lipinski definition) is 2. The predicted molar refractivity (Wildman–Crippen MR) is 186 cm³/mol. The number of rotatable bonds is 12. The van der Waals surface area contributed by atoms with Crippen LogP contribution in [0, 0.1) is 16.0 Å². The number of amides is 2. The zero-order valence-corrected chi connectivity index (χ0v) is 29.5. The van der Waals surface area contributed by atoms with Crippen LogP contribution in [0.15, 0.2) is 77.7 Å². The third-order valence-electron chi connectivity index (χ3n) is 8.94. The van der Waals surface area contributed by atoms with Crippen LogP contribution in [0.5, 0.6) is 11.5 Å². The highest BCUT2D eigenvalue weighted by molar-refractivity contribution is 7.89. The number of nitrogens with zero attached hydrogens (tertiary/aromatic N) is 2. The molecule has 0 radical (unpaired) electrons. The average molecular weight is 709 g/mol. The first-order valence-electron chi connectivity index (χ1n) is 16.6. The Hall–Kier alpha value is -4.53. The van der Waals surface area contributed by atoms with Crippen LogP contribution in [0.1, 0.15) is 57.6 Å². The molecule has 2 aliphatic rings. The third kappa shape index (κ3) is 8.25. The van der Waals surface area contributed by atoms with Gasteiger partial charge in [-0.3, -0.25) is 14.9 Å². The topological polar surface area (TPSA) is 166 Å². The van der Waals surface area contributed by atoms with Gasteiger partial charge in [0.2, 0.25) is 15.9 Å². The fraction of sp³-hybridized carbons (Fsp3) is 0.444. The Labute approximate surface area is 292 Å². The molecule has 2 aliphatic heterocycles. The summed E-state index contributed by atoms with van der Waals surface area (Å²) in [6, 6.07) is 19.6. The molecular formula is C36H44N4O9S. The first-order valence-corrected chi connectivity index (χ1v) is 18.1. The van der Waals surface area contributed by atoms with Crippen molar-refractivity contribution in [2.24, 2.45) is 5.92 Å². The standard InChI is InChI=1S/C36H44N4O9S/c1-35(2,3)49-34(42)39-22-25(21-26(23-39)38-50(45,46)32-18-10-7-15-29(32)40(43)44)33(41)37-24-36(19-11-12-20-47-4)27-13-5-8-16-30(27)48-31-17-9-6-14-28(31)36/h5-10,13-18,25-26,38H,11-12,19-24H2,1-4H3,(H,37,41)/t25-,26+/m0/s1. The summed E-state index contributed by atoms with van der Waals surface area (Å²) in [6.45, 7) is 5.83. The Kier molecular flexibility index (Phi) is 11.1. The number of nitrogens with one attached hydrogen (secondary N) is 2. The van der Waals surface area contributed by atoms with Gasteiger partial charge >= 0.3 is 6.09 Å². The SMILES string of the molecule is COCCCCC1(CNC(=O)[C@H]2C[C@@H](NS(=O)(=O)c3ccccc3[N+](=O)[O-])CN(C(=O)OC(C)(C)C)C2)c2ccccc2Oc2ccccc21. The number of benzene rings is 3. The number of unbranched alkanes of at least 4 members (excludes halogenated alkanes) is 1. The van der Waals surface area contributed by atoms with Gasteiger partial charge in [0, 0.05) is 62.0 Å². The summed E-state index contributed by atoms with van der Waals surface area (Å²) >= 11 is 0. The van der Waals surface area contributed by atoms with Gasteiger partial charge in [-0.1, -0.05) is 48.5 Å². The minimum absolute atomic E-state index is 0.0123. The van der Waals surface area contributed by atoms with E-state index >= 15 is 0 Å². The van der Waals surface area contributed by atoms with E-state index in [1.807, 2.05) is 48.5 Å². The van der Waals surface area contributed by atoms with Crippen LogP contribution in [-0.2, 0) is 29.7 Å². The summed E-state index contributed by atoms with van der Waals surface area (Å²) < 4.78 is 46.7. The van der Waals surface area contributed by atoms with Crippen molar-refractivity contribution in [1.29, 1.82) is 0 Å². The van der Waals surface area contributed by atoms with Crippen molar-refractivity contribution < 1.29 is 37.1 Å². The van der Waals surface area contributed by atoms with Crippen LogP contribution in [0.25, 0.3) is 0 Å². The molecule has 5 rings (SSSR count). The van der Waals surface area contributed by atoms with Gasteiger partial charge in [-0.15, -0.1) is 0 Å². The van der Waals surface area contributed by atoms with Crippen molar-refractivity contribution in [3.8, 4) is 11.5 Å². The number of carbonyl (C=O) groups is 2. The van der Waals surface area contributed by atoms with E-state index in [2.05, 4.69) is 10.0 Å². The average Bonchev–Trinajstić information content (AvgIpc) is 3.08. The van der Waals surface area contributed by atoms with Gasteiger partial charge in [-0.05, 0) is 64.7 Å². The van der Waals surface area contributed by atoms with Crippen molar-refractivity contribution >= 4 is 27.7 Å². The van der Waals surface area contributed by atoms with E-state index in [1.54, 1.807) is 27.9 Å². The molecule has 2 heterocycles. The molecule has 50 heavy (non-hydrogen) atoms. The molecule has 0 aliphatic carbocycles. The fourth-order valence-electron chi connectivity index (χ4n) is 6.74. The Balaban J connectivity index is 1.44. The van der Waals surface area contributed by atoms with Crippen LogP contribution in [0.2, 0.25) is 0 Å². The van der Waals surface area contributed by atoms with Gasteiger partial charge in [-0.2, -0.15) is 0 Å². The number of nitro benzene ring substituents is 1. The van der Waals surface area contributed by atoms with Crippen LogP contribution < -0.4 is 14.8 Å². The summed E-state index contributed by atoms with van der Waals surface area (Å²) in [5, 5.41) is 14.8. The monoisotopic (exact) mass is 708 g/mol. The molecule has 1 saturated heterocycles. The summed E-state index contributed by atoms with van der Waals surface area (Å²) in [5.41, 5.74) is -0.204. The van der Waals surface area contributed by atoms with Crippen LogP contribution in [0.4, 0.5) is 10.5 Å². The van der Waals surface area contributed by atoms with Gasteiger partial charge in [-0.25, -0.2) is 17.9 Å². The maximum atomic E-state index is 14.2. The zero-order chi connectivity index (χ0) is 36.1. The largest absolute Gasteiger partial charge is 0.457 e. The number of carbonyl (C=O) groups excluding carboxylic acids is 2. The third-order valence-corrected chi connectivity index (χ3v) is 10.5. The van der Waals surface area contributed by atoms with E-state index in [0.29, 0.717) is 24.5 Å². The highest BCUT2D eigenvalue weighted by Crippen LogP contribution is 2.50. The number of hydrogen-bond acceptors (Lipinski definition) is 9. The van der Waals surface area contributed by atoms with Gasteiger partial charge in [0.1, 0.15) is 17.1 Å². The second-order valence-electron chi connectivity index (χ2n) is 13.7. The number of sulfonamides is 1. The molecule has 1 fully saturated rings. The Morgan fingerprint density at radius 3 is 2.22 bits per heavy atom. The quantitative estimate of drug-likeness (QED) is 0.140. The molecule has 0 spiro atoms. The maximum absolute atomic E-state index is 14.2. The molecule has 13 nitrogen and oxygen atoms in total. The molecule has 0 saturated carbocycles. The lowest BCUT2D eigenvalue weighted by atomic mass is 9.69. The summed E-state index contributed by atoms with van der Waals surface area (Å²) in [4.78, 5) is 39.1. The predicted octanol–water partition coefficient (Wildman–Crippen LogP) is 5.52. The van der Waals surface area contributed by atoms with E-state index in [9.17, 15) is 28.1 Å². The summed E-state index contributed by atoms with van der Waals surface area (Å²) in [5.74, 6) is 0.201. The highest BCUT2D eigenvalue weighted by Gasteiger charge is 2.44. The number of nitro groups is 1. The minimum atomic E-state index is -4.42. The first-order chi connectivity index (χ1) is 23.7. The van der Waals surface area contributed by atoms with Gasteiger partial charge in [0.15, 0.2) is 4.90 Å². The van der Waals surface area contributed by atoms with E-state index in [-0.39, 0.29) is 32.0 Å². The number of para-hydroxylation sites is 3. The molecule has 268 valence electrons. The molecule has 3 aromatic rings.